The number of alkyl halides is 3. The van der Waals surface area contributed by atoms with Gasteiger partial charge in [0.25, 0.3) is 5.56 Å². The minimum absolute atomic E-state index is 0.0740. The molecule has 4 rings (SSSR count). The second-order valence-electron chi connectivity index (χ2n) is 6.02. The van der Waals surface area contributed by atoms with Gasteiger partial charge in [0.15, 0.2) is 5.52 Å². The van der Waals surface area contributed by atoms with Gasteiger partial charge in [0.2, 0.25) is 0 Å². The summed E-state index contributed by atoms with van der Waals surface area (Å²) in [6.45, 7) is 0. The highest BCUT2D eigenvalue weighted by atomic mass is 19.4. The molecule has 0 spiro atoms. The van der Waals surface area contributed by atoms with Crippen molar-refractivity contribution in [3.8, 4) is 22.6 Å². The molecular weight excluding hydrogens is 390 g/mol. The third-order valence-electron chi connectivity index (χ3n) is 4.14. The molecule has 0 saturated heterocycles. The summed E-state index contributed by atoms with van der Waals surface area (Å²) in [6.07, 6.45) is -0.524. The fraction of sp³-hybridized carbons (Fsp3) is 0.0500. The fourth-order valence-corrected chi connectivity index (χ4v) is 2.90. The smallest absolute Gasteiger partial charge is 0.406 e. The molecule has 0 fully saturated rings. The lowest BCUT2D eigenvalue weighted by molar-refractivity contribution is -0.274. The Kier molecular flexibility index (Phi) is 4.50. The Labute approximate surface area is 160 Å². The molecule has 2 aromatic heterocycles. The van der Waals surface area contributed by atoms with E-state index < -0.39 is 23.5 Å². The second-order valence-corrected chi connectivity index (χ2v) is 6.02. The average molecular weight is 401 g/mol. The highest BCUT2D eigenvalue weighted by molar-refractivity contribution is 5.90. The van der Waals surface area contributed by atoms with Crippen molar-refractivity contribution >= 4 is 11.0 Å². The number of hydrogen-bond donors (Lipinski definition) is 0. The van der Waals surface area contributed by atoms with Gasteiger partial charge in [-0.1, -0.05) is 12.1 Å². The standard InChI is InChI=1S/C20H11F4N3O2/c21-13-3-1-12(2-4-13)16-11-27(19(28)18-17(16)25-9-10-26-18)14-5-7-15(8-6-14)29-20(22,23)24/h1-11H. The van der Waals surface area contributed by atoms with Gasteiger partial charge in [0, 0.05) is 29.8 Å². The molecule has 5 nitrogen and oxygen atoms in total. The van der Waals surface area contributed by atoms with E-state index in [0.717, 1.165) is 12.1 Å². The van der Waals surface area contributed by atoms with E-state index >= 15 is 0 Å². The van der Waals surface area contributed by atoms with Crippen LogP contribution in [-0.2, 0) is 0 Å². The van der Waals surface area contributed by atoms with Crippen molar-refractivity contribution in [3.63, 3.8) is 0 Å². The Balaban J connectivity index is 1.88. The molecule has 29 heavy (non-hydrogen) atoms. The van der Waals surface area contributed by atoms with E-state index in [9.17, 15) is 22.4 Å². The lowest BCUT2D eigenvalue weighted by atomic mass is 10.1. The van der Waals surface area contributed by atoms with Crippen LogP contribution >= 0.6 is 0 Å². The van der Waals surface area contributed by atoms with Crippen LogP contribution in [0.2, 0.25) is 0 Å². The molecule has 4 aromatic rings. The van der Waals surface area contributed by atoms with Crippen LogP contribution in [0.1, 0.15) is 0 Å². The van der Waals surface area contributed by atoms with E-state index in [2.05, 4.69) is 14.7 Å². The van der Waals surface area contributed by atoms with Gasteiger partial charge in [0.05, 0.1) is 0 Å². The van der Waals surface area contributed by atoms with Gasteiger partial charge in [-0.2, -0.15) is 0 Å². The molecule has 0 unspecified atom stereocenters. The van der Waals surface area contributed by atoms with E-state index in [1.54, 1.807) is 0 Å². The van der Waals surface area contributed by atoms with Gasteiger partial charge in [-0.3, -0.25) is 14.3 Å². The number of aromatic nitrogens is 3. The predicted molar refractivity (Wildman–Crippen MR) is 97.2 cm³/mol. The number of halogens is 4. The third kappa shape index (κ3) is 3.79. The number of fused-ring (bicyclic) bond motifs is 1. The lowest BCUT2D eigenvalue weighted by Crippen LogP contribution is -2.20. The van der Waals surface area contributed by atoms with E-state index in [-0.39, 0.29) is 5.52 Å². The van der Waals surface area contributed by atoms with Crippen LogP contribution in [0.15, 0.2) is 71.9 Å². The van der Waals surface area contributed by atoms with Crippen LogP contribution < -0.4 is 10.3 Å². The molecule has 0 amide bonds. The Hall–Kier alpha value is -3.75. The second kappa shape index (κ2) is 7.01. The molecule has 0 atom stereocenters. The molecule has 9 heteroatoms. The van der Waals surface area contributed by atoms with Gasteiger partial charge in [-0.25, -0.2) is 9.37 Å². The summed E-state index contributed by atoms with van der Waals surface area (Å²) in [5, 5.41) is 0. The van der Waals surface area contributed by atoms with E-state index in [0.29, 0.717) is 22.3 Å². The highest BCUT2D eigenvalue weighted by Crippen LogP contribution is 2.27. The number of rotatable bonds is 3. The van der Waals surface area contributed by atoms with Gasteiger partial charge < -0.3 is 4.74 Å². The normalized spacial score (nSPS) is 11.6. The maximum Gasteiger partial charge on any atom is 0.573 e. The monoisotopic (exact) mass is 401 g/mol. The zero-order valence-corrected chi connectivity index (χ0v) is 14.5. The van der Waals surface area contributed by atoms with Crippen LogP contribution in [0.25, 0.3) is 27.8 Å². The maximum absolute atomic E-state index is 13.3. The summed E-state index contributed by atoms with van der Waals surface area (Å²) in [4.78, 5) is 21.2. The van der Waals surface area contributed by atoms with Crippen molar-refractivity contribution in [2.24, 2.45) is 0 Å². The first-order chi connectivity index (χ1) is 13.8. The van der Waals surface area contributed by atoms with Crippen LogP contribution in [0, 0.1) is 5.82 Å². The van der Waals surface area contributed by atoms with Crippen LogP contribution in [0.4, 0.5) is 17.6 Å². The summed E-state index contributed by atoms with van der Waals surface area (Å²) in [6, 6.07) is 10.5. The Morgan fingerprint density at radius 1 is 0.862 bits per heavy atom. The van der Waals surface area contributed by atoms with Crippen molar-refractivity contribution in [2.45, 2.75) is 6.36 Å². The molecule has 0 radical (unpaired) electrons. The minimum atomic E-state index is -4.81. The maximum atomic E-state index is 13.3. The zero-order valence-electron chi connectivity index (χ0n) is 14.5. The number of nitrogens with zero attached hydrogens (tertiary/aromatic N) is 3. The van der Waals surface area contributed by atoms with Gasteiger partial charge >= 0.3 is 6.36 Å². The van der Waals surface area contributed by atoms with Crippen LogP contribution in [-0.4, -0.2) is 20.9 Å². The molecule has 2 aromatic carbocycles. The Morgan fingerprint density at radius 2 is 1.48 bits per heavy atom. The molecule has 0 saturated carbocycles. The fourth-order valence-electron chi connectivity index (χ4n) is 2.90. The number of benzene rings is 2. The van der Waals surface area contributed by atoms with Crippen molar-refractivity contribution in [3.05, 3.63) is 83.3 Å². The first kappa shape index (κ1) is 18.6. The van der Waals surface area contributed by atoms with Crippen molar-refractivity contribution < 1.29 is 22.3 Å². The van der Waals surface area contributed by atoms with E-state index in [1.807, 2.05) is 0 Å². The van der Waals surface area contributed by atoms with E-state index in [1.165, 1.54) is 59.6 Å². The van der Waals surface area contributed by atoms with Gasteiger partial charge in [-0.05, 0) is 42.0 Å². The quantitative estimate of drug-likeness (QED) is 0.475. The number of hydrogen-bond acceptors (Lipinski definition) is 4. The largest absolute Gasteiger partial charge is 0.573 e. The SMILES string of the molecule is O=c1c2nccnc2c(-c2ccc(F)cc2)cn1-c1ccc(OC(F)(F)F)cc1. The predicted octanol–water partition coefficient (Wildman–Crippen LogP) is 4.49. The first-order valence-electron chi connectivity index (χ1n) is 8.30. The number of ether oxygens (including phenoxy) is 1. The van der Waals surface area contributed by atoms with Crippen molar-refractivity contribution in [2.75, 3.05) is 0 Å². The zero-order chi connectivity index (χ0) is 20.6. The van der Waals surface area contributed by atoms with Crippen molar-refractivity contribution in [1.82, 2.24) is 14.5 Å². The first-order valence-corrected chi connectivity index (χ1v) is 8.30. The molecule has 146 valence electrons. The van der Waals surface area contributed by atoms with E-state index in [4.69, 9.17) is 0 Å². The average Bonchev–Trinajstić information content (AvgIpc) is 2.69. The summed E-state index contributed by atoms with van der Waals surface area (Å²) in [5.74, 6) is -0.827. The summed E-state index contributed by atoms with van der Waals surface area (Å²) in [5.41, 5.74) is 1.33. The Bertz CT molecular complexity index is 1230. The summed E-state index contributed by atoms with van der Waals surface area (Å²) < 4.78 is 55.5. The topological polar surface area (TPSA) is 57.0 Å². The summed E-state index contributed by atoms with van der Waals surface area (Å²) in [7, 11) is 0. The van der Waals surface area contributed by atoms with Crippen LogP contribution in [0.5, 0.6) is 5.75 Å². The molecular formula is C20H11F4N3O2. The Morgan fingerprint density at radius 3 is 2.10 bits per heavy atom. The van der Waals surface area contributed by atoms with Gasteiger partial charge in [0.1, 0.15) is 17.1 Å². The highest BCUT2D eigenvalue weighted by Gasteiger charge is 2.31. The third-order valence-corrected chi connectivity index (χ3v) is 4.14. The molecule has 0 aliphatic carbocycles. The lowest BCUT2D eigenvalue weighted by Gasteiger charge is -2.13. The molecule has 2 heterocycles. The molecule has 0 aliphatic heterocycles. The van der Waals surface area contributed by atoms with Gasteiger partial charge in [-0.15, -0.1) is 13.2 Å². The molecule has 0 N–H and O–H groups in total. The summed E-state index contributed by atoms with van der Waals surface area (Å²) >= 11 is 0. The molecule has 0 aliphatic rings. The van der Waals surface area contributed by atoms with Crippen LogP contribution in [0.3, 0.4) is 0 Å². The number of pyridine rings is 1. The van der Waals surface area contributed by atoms with Crippen molar-refractivity contribution in [1.29, 1.82) is 0 Å². The molecule has 0 bridgehead atoms. The minimum Gasteiger partial charge on any atom is -0.406 e.